The third-order valence-corrected chi connectivity index (χ3v) is 3.27. The van der Waals surface area contributed by atoms with Crippen LogP contribution >= 0.6 is 24.0 Å². The predicted molar refractivity (Wildman–Crippen MR) is 106 cm³/mol. The van der Waals surface area contributed by atoms with E-state index in [1.807, 2.05) is 0 Å². The van der Waals surface area contributed by atoms with Crippen LogP contribution in [0.15, 0.2) is 41.4 Å². The lowest BCUT2D eigenvalue weighted by molar-refractivity contribution is 0.501. The lowest BCUT2D eigenvalue weighted by Crippen LogP contribution is -2.47. The van der Waals surface area contributed by atoms with Gasteiger partial charge in [-0.3, -0.25) is 4.99 Å². The molecule has 0 radical (unpaired) electrons. The maximum Gasteiger partial charge on any atom is 0.191 e. The Morgan fingerprint density at radius 1 is 1.23 bits per heavy atom. The number of aliphatic imine (C=N–C) groups is 1. The van der Waals surface area contributed by atoms with Crippen LogP contribution in [0.3, 0.4) is 0 Å². The molecule has 0 atom stereocenters. The molecule has 0 saturated carbocycles. The van der Waals surface area contributed by atoms with Gasteiger partial charge in [0.1, 0.15) is 0 Å². The minimum atomic E-state index is 0. The molecule has 0 spiro atoms. The van der Waals surface area contributed by atoms with Crippen LogP contribution in [0.25, 0.3) is 0 Å². The van der Waals surface area contributed by atoms with Crippen LogP contribution in [-0.4, -0.2) is 31.6 Å². The van der Waals surface area contributed by atoms with Crippen LogP contribution < -0.4 is 15.5 Å². The highest BCUT2D eigenvalue weighted by atomic mass is 127. The molecule has 0 fully saturated rings. The molecule has 0 aromatic heterocycles. The van der Waals surface area contributed by atoms with Gasteiger partial charge in [-0.2, -0.15) is 0 Å². The Morgan fingerprint density at radius 2 is 1.91 bits per heavy atom. The minimum absolute atomic E-state index is 0. The molecule has 1 aliphatic rings. The number of nitrogens with one attached hydrogen (secondary N) is 2. The van der Waals surface area contributed by atoms with Crippen molar-refractivity contribution < 1.29 is 0 Å². The van der Waals surface area contributed by atoms with Crippen molar-refractivity contribution in [1.82, 2.24) is 10.6 Å². The Kier molecular flexibility index (Phi) is 7.19. The molecule has 0 bridgehead atoms. The zero-order valence-corrected chi connectivity index (χ0v) is 16.2. The van der Waals surface area contributed by atoms with Crippen LogP contribution in [0, 0.1) is 0 Å². The molecule has 0 unspecified atom stereocenters. The van der Waals surface area contributed by atoms with Gasteiger partial charge in [0.15, 0.2) is 5.96 Å². The summed E-state index contributed by atoms with van der Waals surface area (Å²) in [6.45, 7) is 9.15. The van der Waals surface area contributed by atoms with E-state index in [2.05, 4.69) is 77.7 Å². The Balaban J connectivity index is 0.00000242. The van der Waals surface area contributed by atoms with Gasteiger partial charge < -0.3 is 15.5 Å². The summed E-state index contributed by atoms with van der Waals surface area (Å²) in [5, 5.41) is 6.73. The maximum absolute atomic E-state index is 4.26. The highest BCUT2D eigenvalue weighted by Gasteiger charge is 2.12. The van der Waals surface area contributed by atoms with Gasteiger partial charge in [0.2, 0.25) is 0 Å². The summed E-state index contributed by atoms with van der Waals surface area (Å²) in [5.41, 5.74) is 2.54. The first kappa shape index (κ1) is 18.8. The molecule has 2 N–H and O–H groups in total. The molecule has 0 amide bonds. The summed E-state index contributed by atoms with van der Waals surface area (Å²) in [5.74, 6) is 0.829. The van der Waals surface area contributed by atoms with Gasteiger partial charge in [0.25, 0.3) is 0 Å². The van der Waals surface area contributed by atoms with E-state index >= 15 is 0 Å². The van der Waals surface area contributed by atoms with Crippen molar-refractivity contribution in [3.63, 3.8) is 0 Å². The second-order valence-electron chi connectivity index (χ2n) is 6.35. The first-order chi connectivity index (χ1) is 9.98. The second-order valence-corrected chi connectivity index (χ2v) is 6.35. The van der Waals surface area contributed by atoms with Crippen molar-refractivity contribution in [2.75, 3.05) is 25.0 Å². The van der Waals surface area contributed by atoms with Gasteiger partial charge in [-0.15, -0.1) is 24.0 Å². The zero-order valence-electron chi connectivity index (χ0n) is 13.9. The Labute approximate surface area is 151 Å². The highest BCUT2D eigenvalue weighted by molar-refractivity contribution is 14.0. The number of benzene rings is 1. The molecule has 1 aromatic rings. The summed E-state index contributed by atoms with van der Waals surface area (Å²) in [7, 11) is 1.80. The van der Waals surface area contributed by atoms with Crippen LogP contribution in [0.1, 0.15) is 26.3 Å². The monoisotopic (exact) mass is 414 g/mol. The molecular formula is C17H27IN4. The second kappa shape index (κ2) is 8.41. The normalized spacial score (nSPS) is 14.7. The summed E-state index contributed by atoms with van der Waals surface area (Å²) < 4.78 is 0. The average Bonchev–Trinajstić information content (AvgIpc) is 2.96. The smallest absolute Gasteiger partial charge is 0.191 e. The van der Waals surface area contributed by atoms with Crippen LogP contribution in [0.2, 0.25) is 0 Å². The highest BCUT2D eigenvalue weighted by Crippen LogP contribution is 2.18. The van der Waals surface area contributed by atoms with Gasteiger partial charge in [-0.25, -0.2) is 0 Å². The Bertz CT molecular complexity index is 524. The third-order valence-electron chi connectivity index (χ3n) is 3.27. The number of anilines is 1. The van der Waals surface area contributed by atoms with E-state index in [1.54, 1.807) is 7.05 Å². The molecule has 2 rings (SSSR count). The molecule has 22 heavy (non-hydrogen) atoms. The number of hydrogen-bond acceptors (Lipinski definition) is 2. The van der Waals surface area contributed by atoms with Crippen molar-refractivity contribution in [3.05, 3.63) is 42.0 Å². The SMILES string of the molecule is CN=C(NCc1cccc(N2CC=CC2)c1)NC(C)(C)C.I. The summed E-state index contributed by atoms with van der Waals surface area (Å²) in [6, 6.07) is 8.66. The first-order valence-corrected chi connectivity index (χ1v) is 7.46. The predicted octanol–water partition coefficient (Wildman–Crippen LogP) is 3.14. The maximum atomic E-state index is 4.26. The quantitative estimate of drug-likeness (QED) is 0.346. The van der Waals surface area contributed by atoms with Crippen molar-refractivity contribution >= 4 is 35.6 Å². The molecule has 1 aromatic carbocycles. The molecule has 4 nitrogen and oxygen atoms in total. The van der Waals surface area contributed by atoms with E-state index in [4.69, 9.17) is 0 Å². The number of guanidine groups is 1. The lowest BCUT2D eigenvalue weighted by atomic mass is 10.1. The molecule has 5 heteroatoms. The largest absolute Gasteiger partial charge is 0.364 e. The van der Waals surface area contributed by atoms with Gasteiger partial charge in [-0.1, -0.05) is 24.3 Å². The van der Waals surface area contributed by atoms with Gasteiger partial charge >= 0.3 is 0 Å². The van der Waals surface area contributed by atoms with Crippen LogP contribution in [-0.2, 0) is 6.54 Å². The van der Waals surface area contributed by atoms with E-state index in [0.717, 1.165) is 25.6 Å². The van der Waals surface area contributed by atoms with E-state index in [0.29, 0.717) is 0 Å². The zero-order chi connectivity index (χ0) is 15.3. The fourth-order valence-corrected chi connectivity index (χ4v) is 2.27. The number of halogens is 1. The first-order valence-electron chi connectivity index (χ1n) is 7.46. The Hall–Kier alpha value is -1.24. The summed E-state index contributed by atoms with van der Waals surface area (Å²) in [6.07, 6.45) is 4.42. The Morgan fingerprint density at radius 3 is 2.50 bits per heavy atom. The van der Waals surface area contributed by atoms with Gasteiger partial charge in [0, 0.05) is 37.9 Å². The third kappa shape index (κ3) is 5.87. The number of nitrogens with zero attached hydrogens (tertiary/aromatic N) is 2. The molecular weight excluding hydrogens is 387 g/mol. The number of rotatable bonds is 3. The van der Waals surface area contributed by atoms with Crippen molar-refractivity contribution in [2.45, 2.75) is 32.9 Å². The minimum Gasteiger partial charge on any atom is -0.364 e. The molecule has 0 aliphatic carbocycles. The summed E-state index contributed by atoms with van der Waals surface area (Å²) in [4.78, 5) is 6.62. The van der Waals surface area contributed by atoms with Crippen LogP contribution in [0.5, 0.6) is 0 Å². The fraction of sp³-hybridized carbons (Fsp3) is 0.471. The number of hydrogen-bond donors (Lipinski definition) is 2. The van der Waals surface area contributed by atoms with E-state index in [9.17, 15) is 0 Å². The van der Waals surface area contributed by atoms with Gasteiger partial charge in [0.05, 0.1) is 0 Å². The standard InChI is InChI=1S/C17H26N4.HI/c1-17(2,3)20-16(18-4)19-13-14-8-7-9-15(12-14)21-10-5-6-11-21;/h5-9,12H,10-11,13H2,1-4H3,(H2,18,19,20);1H. The van der Waals surface area contributed by atoms with Crippen LogP contribution in [0.4, 0.5) is 5.69 Å². The molecule has 0 saturated heterocycles. The van der Waals surface area contributed by atoms with E-state index in [-0.39, 0.29) is 29.5 Å². The van der Waals surface area contributed by atoms with Crippen molar-refractivity contribution in [2.24, 2.45) is 4.99 Å². The summed E-state index contributed by atoms with van der Waals surface area (Å²) >= 11 is 0. The van der Waals surface area contributed by atoms with E-state index < -0.39 is 0 Å². The fourth-order valence-electron chi connectivity index (χ4n) is 2.27. The molecule has 1 heterocycles. The molecule has 122 valence electrons. The van der Waals surface area contributed by atoms with Gasteiger partial charge in [-0.05, 0) is 38.5 Å². The van der Waals surface area contributed by atoms with Crippen molar-refractivity contribution in [3.8, 4) is 0 Å². The topological polar surface area (TPSA) is 39.7 Å². The average molecular weight is 414 g/mol. The molecule has 1 aliphatic heterocycles. The van der Waals surface area contributed by atoms with E-state index in [1.165, 1.54) is 11.3 Å². The van der Waals surface area contributed by atoms with Crippen molar-refractivity contribution in [1.29, 1.82) is 0 Å². The lowest BCUT2D eigenvalue weighted by Gasteiger charge is -2.24.